The molecule has 3 rings (SSSR count). The summed E-state index contributed by atoms with van der Waals surface area (Å²) in [6.07, 6.45) is 0.714. The number of methoxy groups -OCH3 is 1. The highest BCUT2D eigenvalue weighted by Crippen LogP contribution is 2.29. The van der Waals surface area contributed by atoms with Crippen molar-refractivity contribution in [2.45, 2.75) is 24.3 Å². The van der Waals surface area contributed by atoms with Gasteiger partial charge >= 0.3 is 0 Å². The van der Waals surface area contributed by atoms with Crippen LogP contribution in [0.25, 0.3) is 11.5 Å². The van der Waals surface area contributed by atoms with Crippen LogP contribution >= 0.6 is 11.8 Å². The van der Waals surface area contributed by atoms with Crippen LogP contribution in [0.2, 0.25) is 0 Å². The lowest BCUT2D eigenvalue weighted by atomic mass is 10.2. The molecule has 0 saturated carbocycles. The molecule has 0 bridgehead atoms. The Morgan fingerprint density at radius 2 is 1.86 bits per heavy atom. The summed E-state index contributed by atoms with van der Waals surface area (Å²) in [5.74, 6) is 2.68. The van der Waals surface area contributed by atoms with Crippen LogP contribution in [0, 0.1) is 0 Å². The number of hydrogen-bond acceptors (Lipinski definition) is 8. The van der Waals surface area contributed by atoms with Crippen molar-refractivity contribution >= 4 is 11.8 Å². The third-order valence-corrected chi connectivity index (χ3v) is 3.68. The molecule has 0 unspecified atom stereocenters. The van der Waals surface area contributed by atoms with Crippen molar-refractivity contribution in [3.63, 3.8) is 0 Å². The van der Waals surface area contributed by atoms with Gasteiger partial charge < -0.3 is 13.6 Å². The Kier molecular flexibility index (Phi) is 4.38. The number of thioether (sulfide) groups is 1. The maximum Gasteiger partial charge on any atom is 0.277 e. The zero-order chi connectivity index (χ0) is 15.4. The minimum atomic E-state index is 0.424. The maximum atomic E-state index is 5.65. The van der Waals surface area contributed by atoms with E-state index in [4.69, 9.17) is 13.6 Å². The molecule has 22 heavy (non-hydrogen) atoms. The Bertz CT molecular complexity index is 756. The first-order chi connectivity index (χ1) is 10.8. The smallest absolute Gasteiger partial charge is 0.277 e. The molecule has 114 valence electrons. The van der Waals surface area contributed by atoms with Gasteiger partial charge in [0.25, 0.3) is 11.1 Å². The summed E-state index contributed by atoms with van der Waals surface area (Å²) in [4.78, 5) is 0. The molecule has 0 aliphatic rings. The molecular formula is C14H14N4O3S. The molecule has 1 aromatic carbocycles. The average molecular weight is 318 g/mol. The number of aryl methyl sites for hydroxylation is 1. The van der Waals surface area contributed by atoms with Crippen molar-refractivity contribution in [3.05, 3.63) is 36.0 Å². The Morgan fingerprint density at radius 3 is 2.64 bits per heavy atom. The first-order valence-electron chi connectivity index (χ1n) is 6.71. The lowest BCUT2D eigenvalue weighted by Gasteiger charge is -2.03. The van der Waals surface area contributed by atoms with Gasteiger partial charge in [-0.1, -0.05) is 30.8 Å². The summed E-state index contributed by atoms with van der Waals surface area (Å²) in [5, 5.41) is 16.4. The SMILES string of the molecule is CCc1nnc(SCc2nnc(-c3ccccc3OC)o2)o1. The van der Waals surface area contributed by atoms with Gasteiger partial charge in [-0.3, -0.25) is 0 Å². The molecule has 0 spiro atoms. The largest absolute Gasteiger partial charge is 0.496 e. The number of rotatable bonds is 6. The molecule has 2 heterocycles. The summed E-state index contributed by atoms with van der Waals surface area (Å²) in [5.41, 5.74) is 0.764. The summed E-state index contributed by atoms with van der Waals surface area (Å²) < 4.78 is 16.4. The van der Waals surface area contributed by atoms with Gasteiger partial charge in [-0.2, -0.15) is 0 Å². The minimum absolute atomic E-state index is 0.424. The van der Waals surface area contributed by atoms with Crippen molar-refractivity contribution in [3.8, 4) is 17.2 Å². The Hall–Kier alpha value is -2.35. The number of nitrogens with zero attached hydrogens (tertiary/aromatic N) is 4. The molecule has 0 aliphatic heterocycles. The molecule has 8 heteroatoms. The quantitative estimate of drug-likeness (QED) is 0.641. The molecule has 3 aromatic rings. The van der Waals surface area contributed by atoms with Gasteiger partial charge in [0, 0.05) is 6.42 Å². The highest BCUT2D eigenvalue weighted by molar-refractivity contribution is 7.98. The van der Waals surface area contributed by atoms with Crippen molar-refractivity contribution in [2.75, 3.05) is 7.11 Å². The summed E-state index contributed by atoms with van der Waals surface area (Å²) in [7, 11) is 1.60. The van der Waals surface area contributed by atoms with Crippen LogP contribution in [0.15, 0.2) is 38.3 Å². The van der Waals surface area contributed by atoms with Crippen LogP contribution in [0.1, 0.15) is 18.7 Å². The average Bonchev–Trinajstić information content (AvgIpc) is 3.22. The molecule has 2 aromatic heterocycles. The van der Waals surface area contributed by atoms with E-state index in [1.807, 2.05) is 31.2 Å². The van der Waals surface area contributed by atoms with Crippen molar-refractivity contribution in [1.82, 2.24) is 20.4 Å². The minimum Gasteiger partial charge on any atom is -0.496 e. The van der Waals surface area contributed by atoms with E-state index in [1.165, 1.54) is 11.8 Å². The lowest BCUT2D eigenvalue weighted by Crippen LogP contribution is -1.87. The van der Waals surface area contributed by atoms with E-state index in [9.17, 15) is 0 Å². The van der Waals surface area contributed by atoms with Crippen LogP contribution in [0.5, 0.6) is 5.75 Å². The third kappa shape index (κ3) is 3.11. The second-order valence-corrected chi connectivity index (χ2v) is 5.23. The summed E-state index contributed by atoms with van der Waals surface area (Å²) >= 11 is 1.36. The van der Waals surface area contributed by atoms with E-state index in [0.29, 0.717) is 40.8 Å². The fourth-order valence-corrected chi connectivity index (χ4v) is 2.42. The fraction of sp³-hybridized carbons (Fsp3) is 0.286. The molecule has 0 fully saturated rings. The Balaban J connectivity index is 1.71. The first-order valence-corrected chi connectivity index (χ1v) is 7.69. The lowest BCUT2D eigenvalue weighted by molar-refractivity contribution is 0.413. The van der Waals surface area contributed by atoms with Gasteiger partial charge in [0.05, 0.1) is 18.4 Å². The molecule has 0 amide bonds. The zero-order valence-corrected chi connectivity index (χ0v) is 13.0. The number of ether oxygens (including phenoxy) is 1. The second kappa shape index (κ2) is 6.61. The number of benzene rings is 1. The van der Waals surface area contributed by atoms with Gasteiger partial charge in [0.2, 0.25) is 11.8 Å². The highest BCUT2D eigenvalue weighted by atomic mass is 32.2. The van der Waals surface area contributed by atoms with Gasteiger partial charge in [-0.25, -0.2) is 0 Å². The van der Waals surface area contributed by atoms with Crippen LogP contribution in [0.3, 0.4) is 0 Å². The van der Waals surface area contributed by atoms with Crippen molar-refractivity contribution in [2.24, 2.45) is 0 Å². The van der Waals surface area contributed by atoms with E-state index < -0.39 is 0 Å². The predicted molar refractivity (Wildman–Crippen MR) is 79.5 cm³/mol. The molecule has 0 N–H and O–H groups in total. The topological polar surface area (TPSA) is 87.1 Å². The molecule has 0 atom stereocenters. The third-order valence-electron chi connectivity index (χ3n) is 2.87. The highest BCUT2D eigenvalue weighted by Gasteiger charge is 2.14. The molecule has 0 saturated heterocycles. The van der Waals surface area contributed by atoms with Crippen LogP contribution in [-0.4, -0.2) is 27.5 Å². The number of aromatic nitrogens is 4. The normalized spacial score (nSPS) is 10.8. The van der Waals surface area contributed by atoms with E-state index in [0.717, 1.165) is 5.56 Å². The Morgan fingerprint density at radius 1 is 1.05 bits per heavy atom. The van der Waals surface area contributed by atoms with E-state index in [2.05, 4.69) is 20.4 Å². The fourth-order valence-electron chi connectivity index (χ4n) is 1.80. The second-order valence-electron chi connectivity index (χ2n) is 4.31. The molecule has 0 radical (unpaired) electrons. The van der Waals surface area contributed by atoms with Crippen molar-refractivity contribution in [1.29, 1.82) is 0 Å². The number of hydrogen-bond donors (Lipinski definition) is 0. The maximum absolute atomic E-state index is 5.65. The molecule has 0 aliphatic carbocycles. The van der Waals surface area contributed by atoms with Gasteiger partial charge in [0.15, 0.2) is 0 Å². The Labute approximate surface area is 131 Å². The van der Waals surface area contributed by atoms with Gasteiger partial charge in [0.1, 0.15) is 5.75 Å². The van der Waals surface area contributed by atoms with Crippen LogP contribution < -0.4 is 4.74 Å². The van der Waals surface area contributed by atoms with E-state index in [-0.39, 0.29) is 0 Å². The van der Waals surface area contributed by atoms with Crippen molar-refractivity contribution < 1.29 is 13.6 Å². The summed E-state index contributed by atoms with van der Waals surface area (Å²) in [6, 6.07) is 7.49. The van der Waals surface area contributed by atoms with Crippen LogP contribution in [-0.2, 0) is 12.2 Å². The van der Waals surface area contributed by atoms with E-state index in [1.54, 1.807) is 7.11 Å². The van der Waals surface area contributed by atoms with Crippen LogP contribution in [0.4, 0.5) is 0 Å². The monoisotopic (exact) mass is 318 g/mol. The zero-order valence-electron chi connectivity index (χ0n) is 12.1. The molecular weight excluding hydrogens is 304 g/mol. The van der Waals surface area contributed by atoms with Gasteiger partial charge in [-0.15, -0.1) is 20.4 Å². The first kappa shape index (κ1) is 14.6. The number of para-hydroxylation sites is 1. The van der Waals surface area contributed by atoms with E-state index >= 15 is 0 Å². The summed E-state index contributed by atoms with van der Waals surface area (Å²) in [6.45, 7) is 1.96. The standard InChI is InChI=1S/C14H14N4O3S/c1-3-11-15-18-14(21-11)22-8-12-16-17-13(20-12)9-6-4-5-7-10(9)19-2/h4-7H,3,8H2,1-2H3. The molecule has 7 nitrogen and oxygen atoms in total. The van der Waals surface area contributed by atoms with Gasteiger partial charge in [-0.05, 0) is 12.1 Å². The predicted octanol–water partition coefficient (Wildman–Crippen LogP) is 2.98.